The molecule has 0 unspecified atom stereocenters. The van der Waals surface area contributed by atoms with E-state index >= 15 is 0 Å². The monoisotopic (exact) mass is 288 g/mol. The molecule has 1 aliphatic rings. The maximum atomic E-state index is 2.27. The van der Waals surface area contributed by atoms with Gasteiger partial charge in [-0.1, -0.05) is 95.9 Å². The highest BCUT2D eigenvalue weighted by Gasteiger charge is 2.05. The Hall–Kier alpha value is -0.780. The van der Waals surface area contributed by atoms with Crippen LogP contribution in [0.3, 0.4) is 0 Å². The zero-order valence-electron chi connectivity index (χ0n) is 14.5. The third-order valence-corrected chi connectivity index (χ3v) is 4.47. The lowest BCUT2D eigenvalue weighted by Crippen LogP contribution is -2.00. The SMILES string of the molecule is CCCCCCCCCCC.c1ccc2c(c1)CCCC2. The van der Waals surface area contributed by atoms with E-state index in [2.05, 4.69) is 38.1 Å². The van der Waals surface area contributed by atoms with Gasteiger partial charge in [-0.2, -0.15) is 0 Å². The molecule has 0 heterocycles. The van der Waals surface area contributed by atoms with E-state index in [1.165, 1.54) is 83.5 Å². The molecule has 0 aliphatic heterocycles. The molecular weight excluding hydrogens is 252 g/mol. The van der Waals surface area contributed by atoms with Crippen molar-refractivity contribution in [1.29, 1.82) is 0 Å². The van der Waals surface area contributed by atoms with Crippen LogP contribution < -0.4 is 0 Å². The van der Waals surface area contributed by atoms with Crippen molar-refractivity contribution in [3.63, 3.8) is 0 Å². The van der Waals surface area contributed by atoms with Crippen LogP contribution in [0.25, 0.3) is 0 Å². The molecule has 0 heteroatoms. The van der Waals surface area contributed by atoms with E-state index in [9.17, 15) is 0 Å². The Morgan fingerprint density at radius 1 is 0.619 bits per heavy atom. The van der Waals surface area contributed by atoms with Gasteiger partial charge in [0.25, 0.3) is 0 Å². The average molecular weight is 289 g/mol. The Morgan fingerprint density at radius 2 is 1.00 bits per heavy atom. The summed E-state index contributed by atoms with van der Waals surface area (Å²) in [5.41, 5.74) is 3.16. The first-order valence-corrected chi connectivity index (χ1v) is 9.45. The Balaban J connectivity index is 0.000000210. The first-order valence-electron chi connectivity index (χ1n) is 9.45. The van der Waals surface area contributed by atoms with E-state index in [0.717, 1.165) is 0 Å². The lowest BCUT2D eigenvalue weighted by molar-refractivity contribution is 0.572. The first-order chi connectivity index (χ1) is 10.4. The summed E-state index contributed by atoms with van der Waals surface area (Å²) in [7, 11) is 0. The highest BCUT2D eigenvalue weighted by atomic mass is 14.1. The number of fused-ring (bicyclic) bond motifs is 1. The van der Waals surface area contributed by atoms with Crippen molar-refractivity contribution in [2.24, 2.45) is 0 Å². The zero-order valence-corrected chi connectivity index (χ0v) is 14.5. The quantitative estimate of drug-likeness (QED) is 0.447. The molecular formula is C21H36. The van der Waals surface area contributed by atoms with Gasteiger partial charge in [-0.05, 0) is 36.8 Å². The predicted octanol–water partition coefficient (Wildman–Crippen LogP) is 7.10. The minimum atomic E-state index is 1.30. The maximum Gasteiger partial charge on any atom is -0.0276 e. The van der Waals surface area contributed by atoms with Crippen molar-refractivity contribution in [3.05, 3.63) is 35.4 Å². The lowest BCUT2D eigenvalue weighted by Gasteiger charge is -2.13. The molecule has 0 spiro atoms. The van der Waals surface area contributed by atoms with Crippen LogP contribution in [0.2, 0.25) is 0 Å². The zero-order chi connectivity index (χ0) is 15.2. The van der Waals surface area contributed by atoms with Crippen LogP contribution in [0.15, 0.2) is 24.3 Å². The molecule has 1 aromatic rings. The summed E-state index contributed by atoms with van der Waals surface area (Å²) in [5.74, 6) is 0. The third kappa shape index (κ3) is 8.96. The molecule has 0 aromatic heterocycles. The smallest absolute Gasteiger partial charge is 0.0276 e. The topological polar surface area (TPSA) is 0 Å². The molecule has 120 valence electrons. The van der Waals surface area contributed by atoms with Gasteiger partial charge in [0.2, 0.25) is 0 Å². The molecule has 21 heavy (non-hydrogen) atoms. The second-order valence-electron chi connectivity index (χ2n) is 6.45. The normalized spacial score (nSPS) is 13.2. The summed E-state index contributed by atoms with van der Waals surface area (Å²) in [5, 5.41) is 0. The van der Waals surface area contributed by atoms with Crippen molar-refractivity contribution in [3.8, 4) is 0 Å². The van der Waals surface area contributed by atoms with Gasteiger partial charge in [-0.25, -0.2) is 0 Å². The van der Waals surface area contributed by atoms with Gasteiger partial charge in [0, 0.05) is 0 Å². The van der Waals surface area contributed by atoms with Crippen molar-refractivity contribution in [2.75, 3.05) is 0 Å². The average Bonchev–Trinajstić information content (AvgIpc) is 2.55. The second kappa shape index (κ2) is 12.9. The molecule has 0 fully saturated rings. The molecule has 1 aromatic carbocycles. The molecule has 0 bridgehead atoms. The highest BCUT2D eigenvalue weighted by molar-refractivity contribution is 5.28. The van der Waals surface area contributed by atoms with Gasteiger partial charge in [0.05, 0.1) is 0 Å². The van der Waals surface area contributed by atoms with Crippen LogP contribution in [0.4, 0.5) is 0 Å². The molecule has 0 N–H and O–H groups in total. The second-order valence-corrected chi connectivity index (χ2v) is 6.45. The summed E-state index contributed by atoms with van der Waals surface area (Å²) in [4.78, 5) is 0. The predicted molar refractivity (Wildman–Crippen MR) is 96.0 cm³/mol. The van der Waals surface area contributed by atoms with E-state index in [4.69, 9.17) is 0 Å². The Bertz CT molecular complexity index is 307. The standard InChI is InChI=1S/C11H24.C10H12/c1-3-5-7-9-11-10-8-6-4-2;1-2-6-10-8-4-3-7-9(10)5-1/h3-11H2,1-2H3;1-2,5-6H,3-4,7-8H2. The fraction of sp³-hybridized carbons (Fsp3) is 0.714. The molecule has 0 radical (unpaired) electrons. The van der Waals surface area contributed by atoms with Gasteiger partial charge < -0.3 is 0 Å². The number of aryl methyl sites for hydroxylation is 2. The fourth-order valence-electron chi connectivity index (χ4n) is 3.06. The molecule has 0 nitrogen and oxygen atoms in total. The van der Waals surface area contributed by atoms with Gasteiger partial charge in [0.15, 0.2) is 0 Å². The van der Waals surface area contributed by atoms with Gasteiger partial charge >= 0.3 is 0 Å². The van der Waals surface area contributed by atoms with Crippen LogP contribution in [0.1, 0.15) is 95.6 Å². The number of hydrogen-bond donors (Lipinski definition) is 0. The van der Waals surface area contributed by atoms with Crippen molar-refractivity contribution in [2.45, 2.75) is 97.3 Å². The highest BCUT2D eigenvalue weighted by Crippen LogP contribution is 2.19. The van der Waals surface area contributed by atoms with Crippen LogP contribution in [-0.4, -0.2) is 0 Å². The molecule has 1 aliphatic carbocycles. The van der Waals surface area contributed by atoms with E-state index in [1.807, 2.05) is 0 Å². The summed E-state index contributed by atoms with van der Waals surface area (Å²) in [6.07, 6.45) is 18.3. The van der Waals surface area contributed by atoms with Crippen LogP contribution in [-0.2, 0) is 12.8 Å². The van der Waals surface area contributed by atoms with Gasteiger partial charge in [0.1, 0.15) is 0 Å². The van der Waals surface area contributed by atoms with Crippen molar-refractivity contribution >= 4 is 0 Å². The minimum Gasteiger partial charge on any atom is -0.0654 e. The van der Waals surface area contributed by atoms with Crippen LogP contribution in [0, 0.1) is 0 Å². The Labute approximate surface area is 133 Å². The van der Waals surface area contributed by atoms with E-state index < -0.39 is 0 Å². The number of rotatable bonds is 8. The largest absolute Gasteiger partial charge is 0.0654 e. The van der Waals surface area contributed by atoms with Crippen LogP contribution in [0.5, 0.6) is 0 Å². The fourth-order valence-corrected chi connectivity index (χ4v) is 3.06. The number of hydrogen-bond acceptors (Lipinski definition) is 0. The Morgan fingerprint density at radius 3 is 1.38 bits per heavy atom. The first kappa shape index (κ1) is 18.3. The number of benzene rings is 1. The Kier molecular flexibility index (Phi) is 11.2. The minimum absolute atomic E-state index is 1.30. The number of unbranched alkanes of at least 4 members (excludes halogenated alkanes) is 8. The molecule has 0 amide bonds. The van der Waals surface area contributed by atoms with E-state index in [1.54, 1.807) is 11.1 Å². The summed E-state index contributed by atoms with van der Waals surface area (Å²) in [6, 6.07) is 8.80. The van der Waals surface area contributed by atoms with Gasteiger partial charge in [-0.15, -0.1) is 0 Å². The van der Waals surface area contributed by atoms with Crippen molar-refractivity contribution in [1.82, 2.24) is 0 Å². The maximum absolute atomic E-state index is 2.27. The van der Waals surface area contributed by atoms with E-state index in [0.29, 0.717) is 0 Å². The molecule has 0 saturated heterocycles. The summed E-state index contributed by atoms with van der Waals surface area (Å²) >= 11 is 0. The third-order valence-electron chi connectivity index (χ3n) is 4.47. The van der Waals surface area contributed by atoms with E-state index in [-0.39, 0.29) is 0 Å². The lowest BCUT2D eigenvalue weighted by atomic mass is 9.92. The molecule has 0 atom stereocenters. The summed E-state index contributed by atoms with van der Waals surface area (Å²) in [6.45, 7) is 4.55. The van der Waals surface area contributed by atoms with Gasteiger partial charge in [-0.3, -0.25) is 0 Å². The molecule has 0 saturated carbocycles. The summed E-state index contributed by atoms with van der Waals surface area (Å²) < 4.78 is 0. The molecule has 2 rings (SSSR count). The van der Waals surface area contributed by atoms with Crippen LogP contribution >= 0.6 is 0 Å². The van der Waals surface area contributed by atoms with Crippen molar-refractivity contribution < 1.29 is 0 Å².